The van der Waals surface area contributed by atoms with Gasteiger partial charge in [-0.3, -0.25) is 0 Å². The van der Waals surface area contributed by atoms with E-state index in [1.165, 1.54) is 19.1 Å². The minimum atomic E-state index is -0.927. The lowest BCUT2D eigenvalue weighted by molar-refractivity contribution is -0.136. The molecule has 1 N–H and O–H groups in total. The minimum Gasteiger partial charge on any atom is -0.445 e. The Hall–Kier alpha value is -3.61. The Bertz CT molecular complexity index is 1060. The first-order valence-corrected chi connectivity index (χ1v) is 8.66. The molecular formula is C21H19NO6. The first-order valence-electron chi connectivity index (χ1n) is 8.66. The summed E-state index contributed by atoms with van der Waals surface area (Å²) in [5.74, 6) is -0.469. The van der Waals surface area contributed by atoms with E-state index in [0.29, 0.717) is 5.58 Å². The first-order chi connectivity index (χ1) is 13.4. The highest BCUT2D eigenvalue weighted by molar-refractivity contribution is 5.85. The van der Waals surface area contributed by atoms with E-state index in [1.54, 1.807) is 19.1 Å². The second-order valence-corrected chi connectivity index (χ2v) is 6.26. The molecule has 1 amide bonds. The number of carbonyl (C=O) groups is 2. The Balaban J connectivity index is 1.58. The number of nitrogens with one attached hydrogen (secondary N) is 1. The number of esters is 1. The summed E-state index contributed by atoms with van der Waals surface area (Å²) in [4.78, 5) is 35.5. The van der Waals surface area contributed by atoms with Gasteiger partial charge in [0.05, 0.1) is 0 Å². The van der Waals surface area contributed by atoms with Crippen molar-refractivity contribution < 1.29 is 23.5 Å². The third kappa shape index (κ3) is 4.76. The van der Waals surface area contributed by atoms with Gasteiger partial charge in [0, 0.05) is 17.5 Å². The van der Waals surface area contributed by atoms with Gasteiger partial charge in [0.2, 0.25) is 0 Å². The topological polar surface area (TPSA) is 94.8 Å². The summed E-state index contributed by atoms with van der Waals surface area (Å²) in [6.45, 7) is 3.37. The van der Waals surface area contributed by atoms with Gasteiger partial charge < -0.3 is 19.2 Å². The summed E-state index contributed by atoms with van der Waals surface area (Å²) in [6, 6.07) is 14.4. The molecule has 7 nitrogen and oxygen atoms in total. The van der Waals surface area contributed by atoms with Gasteiger partial charge in [-0.15, -0.1) is 0 Å². The van der Waals surface area contributed by atoms with Crippen LogP contribution < -0.4 is 15.7 Å². The minimum absolute atomic E-state index is 0.0947. The Morgan fingerprint density at radius 2 is 1.86 bits per heavy atom. The summed E-state index contributed by atoms with van der Waals surface area (Å²) in [5.41, 5.74) is 1.43. The van der Waals surface area contributed by atoms with Crippen LogP contribution in [0.2, 0.25) is 0 Å². The highest BCUT2D eigenvalue weighted by Crippen LogP contribution is 2.22. The van der Waals surface area contributed by atoms with E-state index in [-0.39, 0.29) is 12.4 Å². The number of hydrogen-bond acceptors (Lipinski definition) is 6. The van der Waals surface area contributed by atoms with Gasteiger partial charge in [-0.2, -0.15) is 0 Å². The van der Waals surface area contributed by atoms with Gasteiger partial charge in [0.15, 0.2) is 0 Å². The van der Waals surface area contributed by atoms with Crippen LogP contribution in [0.3, 0.4) is 0 Å². The van der Waals surface area contributed by atoms with Crippen molar-refractivity contribution in [2.45, 2.75) is 26.5 Å². The molecule has 0 spiro atoms. The SMILES string of the molecule is Cc1cc(=O)oc2cc(OC(=O)[C@H](C)NC(=O)OCc3ccccc3)ccc12. The standard InChI is InChI=1S/C21H19NO6/c1-13-10-19(23)28-18-11-16(8-9-17(13)18)27-20(24)14(2)22-21(25)26-12-15-6-4-3-5-7-15/h3-11,14H,12H2,1-2H3,(H,22,25)/t14-/m0/s1. The Labute approximate surface area is 160 Å². The fourth-order valence-corrected chi connectivity index (χ4v) is 2.57. The zero-order chi connectivity index (χ0) is 20.1. The Kier molecular flexibility index (Phi) is 5.74. The third-order valence-corrected chi connectivity index (χ3v) is 4.04. The number of ether oxygens (including phenoxy) is 2. The van der Waals surface area contributed by atoms with Crippen LogP contribution in [0, 0.1) is 6.92 Å². The maximum Gasteiger partial charge on any atom is 0.408 e. The zero-order valence-corrected chi connectivity index (χ0v) is 15.4. The smallest absolute Gasteiger partial charge is 0.408 e. The summed E-state index contributed by atoms with van der Waals surface area (Å²) in [5, 5.41) is 3.16. The van der Waals surface area contributed by atoms with Crippen LogP contribution in [0.4, 0.5) is 4.79 Å². The van der Waals surface area contributed by atoms with Crippen molar-refractivity contribution in [2.24, 2.45) is 0 Å². The molecule has 1 atom stereocenters. The van der Waals surface area contributed by atoms with E-state index in [2.05, 4.69) is 5.32 Å². The number of aryl methyl sites for hydroxylation is 1. The molecule has 1 aromatic heterocycles. The molecule has 144 valence electrons. The lowest BCUT2D eigenvalue weighted by Crippen LogP contribution is -2.41. The molecule has 1 heterocycles. The molecule has 3 aromatic rings. The number of hydrogen-bond donors (Lipinski definition) is 1. The quantitative estimate of drug-likeness (QED) is 0.414. The molecule has 7 heteroatoms. The molecular weight excluding hydrogens is 362 g/mol. The summed E-state index contributed by atoms with van der Waals surface area (Å²) >= 11 is 0. The van der Waals surface area contributed by atoms with Gasteiger partial charge in [0.1, 0.15) is 24.0 Å². The monoisotopic (exact) mass is 381 g/mol. The summed E-state index contributed by atoms with van der Waals surface area (Å²) < 4.78 is 15.5. The molecule has 2 aromatic carbocycles. The second-order valence-electron chi connectivity index (χ2n) is 6.26. The molecule has 0 fully saturated rings. The normalized spacial score (nSPS) is 11.6. The number of benzene rings is 2. The summed E-state index contributed by atoms with van der Waals surface area (Å²) in [6.07, 6.45) is -0.728. The lowest BCUT2D eigenvalue weighted by atomic mass is 10.1. The lowest BCUT2D eigenvalue weighted by Gasteiger charge is -2.13. The Morgan fingerprint density at radius 3 is 2.61 bits per heavy atom. The largest absolute Gasteiger partial charge is 0.445 e. The number of alkyl carbamates (subject to hydrolysis) is 1. The molecule has 28 heavy (non-hydrogen) atoms. The molecule has 0 bridgehead atoms. The van der Waals surface area contributed by atoms with Crippen molar-refractivity contribution in [3.05, 3.63) is 76.1 Å². The fourth-order valence-electron chi connectivity index (χ4n) is 2.57. The van der Waals surface area contributed by atoms with Crippen LogP contribution in [-0.2, 0) is 16.1 Å². The van der Waals surface area contributed by atoms with Gasteiger partial charge >= 0.3 is 17.7 Å². The average molecular weight is 381 g/mol. The van der Waals surface area contributed by atoms with E-state index in [0.717, 1.165) is 16.5 Å². The van der Waals surface area contributed by atoms with Gasteiger partial charge in [-0.1, -0.05) is 30.3 Å². The second kappa shape index (κ2) is 8.39. The van der Waals surface area contributed by atoms with E-state index in [1.807, 2.05) is 30.3 Å². The average Bonchev–Trinajstić information content (AvgIpc) is 2.66. The number of rotatable bonds is 5. The van der Waals surface area contributed by atoms with Crippen molar-refractivity contribution in [1.82, 2.24) is 5.32 Å². The van der Waals surface area contributed by atoms with Crippen molar-refractivity contribution in [1.29, 1.82) is 0 Å². The molecule has 0 aliphatic heterocycles. The van der Waals surface area contributed by atoms with Gasteiger partial charge in [0.25, 0.3) is 0 Å². The van der Waals surface area contributed by atoms with E-state index in [4.69, 9.17) is 13.9 Å². The highest BCUT2D eigenvalue weighted by atomic mass is 16.6. The number of carbonyl (C=O) groups excluding carboxylic acids is 2. The van der Waals surface area contributed by atoms with Crippen LogP contribution in [0.1, 0.15) is 18.1 Å². The van der Waals surface area contributed by atoms with Crippen LogP contribution in [0.15, 0.2) is 63.8 Å². The van der Waals surface area contributed by atoms with Crippen LogP contribution in [0.25, 0.3) is 11.0 Å². The first kappa shape index (κ1) is 19.2. The number of amides is 1. The van der Waals surface area contributed by atoms with Crippen LogP contribution in [-0.4, -0.2) is 18.1 Å². The van der Waals surface area contributed by atoms with Gasteiger partial charge in [-0.25, -0.2) is 14.4 Å². The number of fused-ring (bicyclic) bond motifs is 1. The molecule has 0 radical (unpaired) electrons. The zero-order valence-electron chi connectivity index (χ0n) is 15.4. The van der Waals surface area contributed by atoms with Crippen molar-refractivity contribution in [2.75, 3.05) is 0 Å². The predicted molar refractivity (Wildman–Crippen MR) is 102 cm³/mol. The predicted octanol–water partition coefficient (Wildman–Crippen LogP) is 3.32. The summed E-state index contributed by atoms with van der Waals surface area (Å²) in [7, 11) is 0. The van der Waals surface area contributed by atoms with Crippen LogP contribution in [0.5, 0.6) is 5.75 Å². The van der Waals surface area contributed by atoms with E-state index < -0.39 is 23.7 Å². The third-order valence-electron chi connectivity index (χ3n) is 4.04. The fraction of sp³-hybridized carbons (Fsp3) is 0.190. The maximum atomic E-state index is 12.2. The van der Waals surface area contributed by atoms with Crippen LogP contribution >= 0.6 is 0 Å². The molecule has 0 aliphatic rings. The van der Waals surface area contributed by atoms with Gasteiger partial charge in [-0.05, 0) is 37.1 Å². The van der Waals surface area contributed by atoms with E-state index >= 15 is 0 Å². The molecule has 3 rings (SSSR count). The van der Waals surface area contributed by atoms with Crippen molar-refractivity contribution in [3.63, 3.8) is 0 Å². The van der Waals surface area contributed by atoms with E-state index in [9.17, 15) is 14.4 Å². The molecule has 0 aliphatic carbocycles. The van der Waals surface area contributed by atoms with Crippen molar-refractivity contribution in [3.8, 4) is 5.75 Å². The van der Waals surface area contributed by atoms with Crippen molar-refractivity contribution >= 4 is 23.0 Å². The molecule has 0 unspecified atom stereocenters. The maximum absolute atomic E-state index is 12.2. The highest BCUT2D eigenvalue weighted by Gasteiger charge is 2.19. The Morgan fingerprint density at radius 1 is 1.11 bits per heavy atom. The molecule has 0 saturated carbocycles. The molecule has 0 saturated heterocycles.